The molecule has 5 rings (SSSR count). The van der Waals surface area contributed by atoms with Gasteiger partial charge < -0.3 is 4.74 Å². The van der Waals surface area contributed by atoms with E-state index in [1.54, 1.807) is 0 Å². The number of carbonyl (C=O) groups is 2. The van der Waals surface area contributed by atoms with Crippen LogP contribution in [-0.4, -0.2) is 36.1 Å². The molecule has 3 aromatic rings. The maximum absolute atomic E-state index is 12.8. The summed E-state index contributed by atoms with van der Waals surface area (Å²) in [4.78, 5) is 25.2. The third-order valence-electron chi connectivity index (χ3n) is 7.05. The number of hydrogen-bond acceptors (Lipinski definition) is 6. The van der Waals surface area contributed by atoms with E-state index in [0.717, 1.165) is 30.7 Å². The molecule has 0 aromatic heterocycles. The van der Waals surface area contributed by atoms with Crippen LogP contribution in [0.25, 0.3) is 10.8 Å². The molecule has 4 N–H and O–H groups in total. The molecule has 8 heteroatoms. The van der Waals surface area contributed by atoms with Crippen LogP contribution in [0.3, 0.4) is 0 Å². The number of rotatable bonds is 8. The number of ether oxygens (including phenoxy) is 1. The molecular weight excluding hydrogens is 476 g/mol. The number of halogens is 1. The number of carbonyl (C=O) groups excluding carboxylic acids is 2. The van der Waals surface area contributed by atoms with Crippen molar-refractivity contribution in [2.24, 2.45) is 0 Å². The normalized spacial score (nSPS) is 24.0. The monoisotopic (exact) mass is 506 g/mol. The fourth-order valence-electron chi connectivity index (χ4n) is 4.99. The predicted octanol–water partition coefficient (Wildman–Crippen LogP) is 3.60. The van der Waals surface area contributed by atoms with Crippen molar-refractivity contribution in [2.45, 2.75) is 62.8 Å². The maximum Gasteiger partial charge on any atom is 0.325 e. The van der Waals surface area contributed by atoms with Crippen LogP contribution in [0.15, 0.2) is 66.7 Å². The van der Waals surface area contributed by atoms with E-state index in [0.29, 0.717) is 12.8 Å². The molecule has 0 aliphatic carbocycles. The van der Waals surface area contributed by atoms with Crippen molar-refractivity contribution in [3.63, 3.8) is 0 Å². The molecule has 0 bridgehead atoms. The highest BCUT2D eigenvalue weighted by Gasteiger charge is 2.36. The van der Waals surface area contributed by atoms with E-state index in [1.807, 2.05) is 30.3 Å². The van der Waals surface area contributed by atoms with Gasteiger partial charge in [0.15, 0.2) is 6.10 Å². The second kappa shape index (κ2) is 11.4. The van der Waals surface area contributed by atoms with Gasteiger partial charge in [0.25, 0.3) is 5.91 Å². The van der Waals surface area contributed by atoms with Gasteiger partial charge in [0.2, 0.25) is 0 Å². The summed E-state index contributed by atoms with van der Waals surface area (Å²) in [7, 11) is 0. The van der Waals surface area contributed by atoms with Crippen molar-refractivity contribution in [3.05, 3.63) is 82.9 Å². The summed E-state index contributed by atoms with van der Waals surface area (Å²) in [5, 5.41) is 3.18. The number of aryl methyl sites for hydroxylation is 2. The number of hydrogen-bond donors (Lipinski definition) is 4. The van der Waals surface area contributed by atoms with E-state index >= 15 is 0 Å². The third kappa shape index (κ3) is 6.05. The zero-order valence-corrected chi connectivity index (χ0v) is 20.8. The van der Waals surface area contributed by atoms with Gasteiger partial charge in [0.05, 0.1) is 0 Å². The highest BCUT2D eigenvalue weighted by molar-refractivity contribution is 6.30. The van der Waals surface area contributed by atoms with Crippen LogP contribution >= 0.6 is 11.6 Å². The Kier molecular flexibility index (Phi) is 7.82. The van der Waals surface area contributed by atoms with E-state index in [9.17, 15) is 9.59 Å². The van der Waals surface area contributed by atoms with Gasteiger partial charge in [-0.1, -0.05) is 66.2 Å². The first-order valence-electron chi connectivity index (χ1n) is 12.5. The number of benzene rings is 3. The SMILES string of the molecule is O=C(OC1CC(CCc2cccc3ccccc23)NNC1=O)C1CC(CCc2ccc(Cl)cc2)NN1. The first-order valence-corrected chi connectivity index (χ1v) is 12.9. The molecular formula is C28H31ClN4O3. The van der Waals surface area contributed by atoms with Gasteiger partial charge in [-0.2, -0.15) is 0 Å². The van der Waals surface area contributed by atoms with Crippen LogP contribution in [-0.2, 0) is 27.2 Å². The number of amides is 1. The molecule has 2 saturated heterocycles. The standard InChI is InChI=1S/C28H31ClN4O3/c29-21-12-8-18(9-13-21)10-14-22-16-25(32-30-22)28(35)36-26-17-23(31-33-27(26)34)15-11-20-6-3-5-19-4-1-2-7-24(19)20/h1-9,12-13,22-23,25-26,30-32H,10-11,14-17H2,(H,33,34). The fourth-order valence-corrected chi connectivity index (χ4v) is 5.12. The van der Waals surface area contributed by atoms with E-state index in [1.165, 1.54) is 21.9 Å². The Balaban J connectivity index is 1.10. The molecule has 4 unspecified atom stereocenters. The number of nitrogens with one attached hydrogen (secondary N) is 4. The fraction of sp³-hybridized carbons (Fsp3) is 0.357. The third-order valence-corrected chi connectivity index (χ3v) is 7.30. The Morgan fingerprint density at radius 3 is 2.47 bits per heavy atom. The zero-order chi connectivity index (χ0) is 24.9. The molecule has 4 atom stereocenters. The van der Waals surface area contributed by atoms with Crippen LogP contribution in [0.5, 0.6) is 0 Å². The Morgan fingerprint density at radius 1 is 0.861 bits per heavy atom. The quantitative estimate of drug-likeness (QED) is 0.349. The summed E-state index contributed by atoms with van der Waals surface area (Å²) < 4.78 is 5.66. The molecule has 0 spiro atoms. The van der Waals surface area contributed by atoms with E-state index < -0.39 is 18.1 Å². The number of hydrazine groups is 2. The lowest BCUT2D eigenvalue weighted by molar-refractivity contribution is -0.160. The van der Waals surface area contributed by atoms with E-state index in [-0.39, 0.29) is 18.0 Å². The van der Waals surface area contributed by atoms with Crippen molar-refractivity contribution in [3.8, 4) is 0 Å². The molecule has 0 saturated carbocycles. The first-order chi connectivity index (χ1) is 17.5. The van der Waals surface area contributed by atoms with Crippen LogP contribution in [0.4, 0.5) is 0 Å². The first kappa shape index (κ1) is 24.7. The second-order valence-electron chi connectivity index (χ2n) is 9.61. The minimum atomic E-state index is -0.800. The van der Waals surface area contributed by atoms with Crippen molar-refractivity contribution >= 4 is 34.2 Å². The van der Waals surface area contributed by atoms with E-state index in [2.05, 4.69) is 58.1 Å². The summed E-state index contributed by atoms with van der Waals surface area (Å²) >= 11 is 5.95. The molecule has 36 heavy (non-hydrogen) atoms. The largest absolute Gasteiger partial charge is 0.451 e. The van der Waals surface area contributed by atoms with Crippen molar-refractivity contribution in [2.75, 3.05) is 0 Å². The van der Waals surface area contributed by atoms with Crippen molar-refractivity contribution in [1.82, 2.24) is 21.7 Å². The van der Waals surface area contributed by atoms with Gasteiger partial charge in [-0.15, -0.1) is 0 Å². The summed E-state index contributed by atoms with van der Waals surface area (Å²) in [5.74, 6) is -0.707. The van der Waals surface area contributed by atoms with Gasteiger partial charge in [-0.3, -0.25) is 20.4 Å². The summed E-state index contributed by atoms with van der Waals surface area (Å²) in [6.07, 6.45) is 3.70. The lowest BCUT2D eigenvalue weighted by Gasteiger charge is -2.30. The average molecular weight is 507 g/mol. The van der Waals surface area contributed by atoms with Gasteiger partial charge in [-0.05, 0) is 66.1 Å². The van der Waals surface area contributed by atoms with Crippen LogP contribution in [0.2, 0.25) is 5.02 Å². The lowest BCUT2D eigenvalue weighted by atomic mass is 9.96. The Labute approximate surface area is 215 Å². The molecule has 188 valence electrons. The zero-order valence-electron chi connectivity index (χ0n) is 20.0. The van der Waals surface area contributed by atoms with Crippen molar-refractivity contribution < 1.29 is 14.3 Å². The predicted molar refractivity (Wildman–Crippen MR) is 140 cm³/mol. The Hall–Kier alpha value is -2.97. The van der Waals surface area contributed by atoms with Gasteiger partial charge >= 0.3 is 5.97 Å². The van der Waals surface area contributed by atoms with E-state index in [4.69, 9.17) is 16.3 Å². The average Bonchev–Trinajstić information content (AvgIpc) is 3.38. The Bertz CT molecular complexity index is 1210. The second-order valence-corrected chi connectivity index (χ2v) is 10.0. The molecule has 2 fully saturated rings. The summed E-state index contributed by atoms with van der Waals surface area (Å²) in [6.45, 7) is 0. The number of fused-ring (bicyclic) bond motifs is 1. The van der Waals surface area contributed by atoms with Gasteiger partial charge in [-0.25, -0.2) is 10.9 Å². The maximum atomic E-state index is 12.8. The molecule has 2 aliphatic rings. The molecule has 0 radical (unpaired) electrons. The molecule has 1 amide bonds. The highest BCUT2D eigenvalue weighted by Crippen LogP contribution is 2.22. The number of esters is 1. The van der Waals surface area contributed by atoms with Crippen molar-refractivity contribution in [1.29, 1.82) is 0 Å². The van der Waals surface area contributed by atoms with Crippen LogP contribution in [0, 0.1) is 0 Å². The summed E-state index contributed by atoms with van der Waals surface area (Å²) in [5.41, 5.74) is 14.5. The smallest absolute Gasteiger partial charge is 0.325 e. The summed E-state index contributed by atoms with van der Waals surface area (Å²) in [6, 6.07) is 22.2. The van der Waals surface area contributed by atoms with Crippen LogP contribution < -0.4 is 21.7 Å². The molecule has 2 aliphatic heterocycles. The topological polar surface area (TPSA) is 91.5 Å². The molecule has 7 nitrogen and oxygen atoms in total. The van der Waals surface area contributed by atoms with Gasteiger partial charge in [0.1, 0.15) is 6.04 Å². The minimum absolute atomic E-state index is 0.0151. The Morgan fingerprint density at radius 2 is 1.61 bits per heavy atom. The molecule has 3 aromatic carbocycles. The van der Waals surface area contributed by atoms with Crippen LogP contribution in [0.1, 0.15) is 36.8 Å². The highest BCUT2D eigenvalue weighted by atomic mass is 35.5. The minimum Gasteiger partial charge on any atom is -0.451 e. The lowest BCUT2D eigenvalue weighted by Crippen LogP contribution is -2.57. The molecule has 2 heterocycles. The van der Waals surface area contributed by atoms with Gasteiger partial charge in [0, 0.05) is 23.5 Å².